The van der Waals surface area contributed by atoms with Crippen molar-refractivity contribution >= 4 is 23.7 Å². The summed E-state index contributed by atoms with van der Waals surface area (Å²) >= 11 is 0. The highest BCUT2D eigenvalue weighted by Gasteiger charge is 2.30. The number of hydrazine groups is 1. The Hall–Kier alpha value is -2.90. The zero-order chi connectivity index (χ0) is 19.7. The summed E-state index contributed by atoms with van der Waals surface area (Å²) in [6.45, 7) is 6.71. The van der Waals surface area contributed by atoms with Crippen LogP contribution in [0.3, 0.4) is 0 Å². The zero-order valence-corrected chi connectivity index (χ0v) is 15.4. The predicted molar refractivity (Wildman–Crippen MR) is 95.3 cm³/mol. The Morgan fingerprint density at radius 1 is 1.12 bits per heavy atom. The average Bonchev–Trinajstić information content (AvgIpc) is 2.58. The molecule has 0 aliphatic rings. The molecule has 8 heteroatoms. The third kappa shape index (κ3) is 7.33. The third-order valence-electron chi connectivity index (χ3n) is 3.19. The summed E-state index contributed by atoms with van der Waals surface area (Å²) in [5.41, 5.74) is 3.82. The van der Waals surface area contributed by atoms with Crippen LogP contribution in [0.1, 0.15) is 39.7 Å². The number of amides is 2. The van der Waals surface area contributed by atoms with Gasteiger partial charge in [-0.15, -0.1) is 0 Å². The van der Waals surface area contributed by atoms with Crippen molar-refractivity contribution in [1.29, 1.82) is 5.41 Å². The minimum atomic E-state index is -1.04. The normalized spacial score (nSPS) is 11.8. The van der Waals surface area contributed by atoms with Crippen LogP contribution in [0, 0.1) is 11.3 Å². The highest BCUT2D eigenvalue weighted by Crippen LogP contribution is 2.12. The van der Waals surface area contributed by atoms with Crippen LogP contribution in [0.15, 0.2) is 30.3 Å². The van der Waals surface area contributed by atoms with Gasteiger partial charge < -0.3 is 9.47 Å². The standard InChI is InChI=1S/C18H25N3O5/c1-5-13(14(19)16(23)26-18(2,3)4)15(22)20-21-17(24)25-11-12-9-7-6-8-10-12/h6-10,13,19H,5,11H2,1-4H3,(H,20,22)(H,21,24)/t13-/m0/s1. The predicted octanol–water partition coefficient (Wildman–Crippen LogP) is 2.33. The fourth-order valence-corrected chi connectivity index (χ4v) is 1.95. The SMILES string of the molecule is CC[C@@H](C(=N)C(=O)OC(C)(C)C)C(=O)NNC(=O)OCc1ccccc1. The van der Waals surface area contributed by atoms with E-state index in [1.54, 1.807) is 39.8 Å². The van der Waals surface area contributed by atoms with E-state index in [-0.39, 0.29) is 13.0 Å². The molecule has 0 aromatic heterocycles. The van der Waals surface area contributed by atoms with E-state index in [0.717, 1.165) is 5.56 Å². The number of hydrogen-bond donors (Lipinski definition) is 3. The first kappa shape index (κ1) is 21.1. The van der Waals surface area contributed by atoms with Gasteiger partial charge in [0.1, 0.15) is 17.9 Å². The minimum Gasteiger partial charge on any atom is -0.455 e. The summed E-state index contributed by atoms with van der Waals surface area (Å²) in [7, 11) is 0. The van der Waals surface area contributed by atoms with Crippen LogP contribution in [-0.4, -0.2) is 29.3 Å². The number of ether oxygens (including phenoxy) is 2. The molecule has 1 rings (SSSR count). The molecule has 0 unspecified atom stereocenters. The monoisotopic (exact) mass is 363 g/mol. The zero-order valence-electron chi connectivity index (χ0n) is 15.4. The first-order valence-electron chi connectivity index (χ1n) is 8.22. The molecule has 1 atom stereocenters. The van der Waals surface area contributed by atoms with Gasteiger partial charge >= 0.3 is 12.1 Å². The molecule has 0 aliphatic carbocycles. The summed E-state index contributed by atoms with van der Waals surface area (Å²) < 4.78 is 10.0. The van der Waals surface area contributed by atoms with E-state index in [4.69, 9.17) is 14.9 Å². The van der Waals surface area contributed by atoms with Crippen LogP contribution in [0.5, 0.6) is 0 Å². The highest BCUT2D eigenvalue weighted by atomic mass is 16.6. The number of hydrogen-bond acceptors (Lipinski definition) is 6. The van der Waals surface area contributed by atoms with Crippen molar-refractivity contribution in [3.05, 3.63) is 35.9 Å². The summed E-state index contributed by atoms with van der Waals surface area (Å²) in [5.74, 6) is -2.61. The van der Waals surface area contributed by atoms with Gasteiger partial charge in [-0.3, -0.25) is 15.6 Å². The van der Waals surface area contributed by atoms with Crippen molar-refractivity contribution in [2.24, 2.45) is 5.92 Å². The van der Waals surface area contributed by atoms with E-state index in [9.17, 15) is 14.4 Å². The lowest BCUT2D eigenvalue weighted by Crippen LogP contribution is -2.47. The number of esters is 1. The lowest BCUT2D eigenvalue weighted by atomic mass is 9.99. The maximum atomic E-state index is 12.1. The number of nitrogens with one attached hydrogen (secondary N) is 3. The van der Waals surface area contributed by atoms with Crippen LogP contribution < -0.4 is 10.9 Å². The van der Waals surface area contributed by atoms with E-state index in [1.165, 1.54) is 0 Å². The van der Waals surface area contributed by atoms with E-state index >= 15 is 0 Å². The van der Waals surface area contributed by atoms with Gasteiger partial charge in [0, 0.05) is 0 Å². The first-order valence-corrected chi connectivity index (χ1v) is 8.22. The second kappa shape index (κ2) is 9.55. The first-order chi connectivity index (χ1) is 12.1. The molecule has 0 saturated heterocycles. The summed E-state index contributed by atoms with van der Waals surface area (Å²) in [6, 6.07) is 9.05. The molecule has 1 aromatic rings. The summed E-state index contributed by atoms with van der Waals surface area (Å²) in [4.78, 5) is 35.7. The van der Waals surface area contributed by atoms with Crippen LogP contribution >= 0.6 is 0 Å². The third-order valence-corrected chi connectivity index (χ3v) is 3.19. The lowest BCUT2D eigenvalue weighted by Gasteiger charge is -2.22. The van der Waals surface area contributed by atoms with E-state index < -0.39 is 35.2 Å². The number of carbonyl (C=O) groups excluding carboxylic acids is 3. The van der Waals surface area contributed by atoms with E-state index in [0.29, 0.717) is 0 Å². The topological polar surface area (TPSA) is 118 Å². The van der Waals surface area contributed by atoms with Gasteiger partial charge in [-0.2, -0.15) is 0 Å². The molecule has 0 radical (unpaired) electrons. The Morgan fingerprint density at radius 3 is 2.27 bits per heavy atom. The smallest absolute Gasteiger partial charge is 0.426 e. The molecule has 26 heavy (non-hydrogen) atoms. The molecule has 0 bridgehead atoms. The van der Waals surface area contributed by atoms with Gasteiger partial charge in [0.15, 0.2) is 0 Å². The quantitative estimate of drug-likeness (QED) is 0.407. The van der Waals surface area contributed by atoms with Gasteiger partial charge in [-0.25, -0.2) is 15.0 Å². The van der Waals surface area contributed by atoms with Gasteiger partial charge in [0.05, 0.1) is 5.92 Å². The van der Waals surface area contributed by atoms with Gasteiger partial charge in [-0.1, -0.05) is 37.3 Å². The molecule has 0 aliphatic heterocycles. The number of carbonyl (C=O) groups is 3. The molecular weight excluding hydrogens is 338 g/mol. The second-order valence-electron chi connectivity index (χ2n) is 6.55. The largest absolute Gasteiger partial charge is 0.455 e. The molecule has 0 heterocycles. The molecule has 0 spiro atoms. The molecule has 2 amide bonds. The number of benzene rings is 1. The molecule has 142 valence electrons. The molecule has 1 aromatic carbocycles. The molecular formula is C18H25N3O5. The van der Waals surface area contributed by atoms with E-state index in [2.05, 4.69) is 10.9 Å². The minimum absolute atomic E-state index is 0.0491. The lowest BCUT2D eigenvalue weighted by molar-refractivity contribution is -0.147. The Morgan fingerprint density at radius 2 is 1.73 bits per heavy atom. The van der Waals surface area contributed by atoms with Gasteiger partial charge in [0.25, 0.3) is 0 Å². The fourth-order valence-electron chi connectivity index (χ4n) is 1.95. The van der Waals surface area contributed by atoms with Crippen molar-refractivity contribution in [2.45, 2.75) is 46.3 Å². The van der Waals surface area contributed by atoms with Gasteiger partial charge in [0.2, 0.25) is 5.91 Å². The maximum Gasteiger partial charge on any atom is 0.426 e. The molecule has 8 nitrogen and oxygen atoms in total. The molecule has 3 N–H and O–H groups in total. The van der Waals surface area contributed by atoms with Crippen LogP contribution in [0.25, 0.3) is 0 Å². The summed E-state index contributed by atoms with van der Waals surface area (Å²) in [6.07, 6.45) is -0.647. The molecule has 0 fully saturated rings. The fraction of sp³-hybridized carbons (Fsp3) is 0.444. The second-order valence-corrected chi connectivity index (χ2v) is 6.55. The van der Waals surface area contributed by atoms with Crippen LogP contribution in [0.2, 0.25) is 0 Å². The van der Waals surface area contributed by atoms with Crippen LogP contribution in [-0.2, 0) is 25.7 Å². The van der Waals surface area contributed by atoms with Crippen molar-refractivity contribution in [3.8, 4) is 0 Å². The Balaban J connectivity index is 2.49. The Kier molecular flexibility index (Phi) is 7.77. The highest BCUT2D eigenvalue weighted by molar-refractivity contribution is 6.39. The van der Waals surface area contributed by atoms with Crippen molar-refractivity contribution in [3.63, 3.8) is 0 Å². The van der Waals surface area contributed by atoms with Crippen molar-refractivity contribution in [2.75, 3.05) is 0 Å². The van der Waals surface area contributed by atoms with E-state index in [1.807, 2.05) is 18.2 Å². The van der Waals surface area contributed by atoms with Crippen molar-refractivity contribution < 1.29 is 23.9 Å². The summed E-state index contributed by atoms with van der Waals surface area (Å²) in [5, 5.41) is 7.86. The van der Waals surface area contributed by atoms with Crippen LogP contribution in [0.4, 0.5) is 4.79 Å². The number of rotatable bonds is 6. The molecule has 0 saturated carbocycles. The van der Waals surface area contributed by atoms with Gasteiger partial charge in [-0.05, 0) is 32.8 Å². The van der Waals surface area contributed by atoms with Crippen molar-refractivity contribution in [1.82, 2.24) is 10.9 Å². The Bertz CT molecular complexity index is 653. The Labute approximate surface area is 152 Å². The average molecular weight is 363 g/mol. The maximum absolute atomic E-state index is 12.1.